The van der Waals surface area contributed by atoms with Crippen LogP contribution >= 0.6 is 11.8 Å². The van der Waals surface area contributed by atoms with Crippen molar-refractivity contribution in [2.45, 2.75) is 57.4 Å². The van der Waals surface area contributed by atoms with E-state index in [1.54, 1.807) is 49.6 Å². The molecule has 0 radical (unpaired) electrons. The molecule has 3 aliphatic heterocycles. The molecule has 6 rings (SSSR count). The molecule has 0 aromatic heterocycles. The summed E-state index contributed by atoms with van der Waals surface area (Å²) < 4.78 is 11.2. The maximum absolute atomic E-state index is 13.9. The van der Waals surface area contributed by atoms with Gasteiger partial charge < -0.3 is 25.0 Å². The number of carbonyl (C=O) groups is 6. The van der Waals surface area contributed by atoms with Crippen LogP contribution < -0.4 is 25.4 Å². The summed E-state index contributed by atoms with van der Waals surface area (Å²) in [6.07, 6.45) is 5.42. The zero-order valence-electron chi connectivity index (χ0n) is 33.3. The van der Waals surface area contributed by atoms with E-state index in [-0.39, 0.29) is 47.7 Å². The van der Waals surface area contributed by atoms with Crippen LogP contribution in [0.15, 0.2) is 60.7 Å². The average Bonchev–Trinajstić information content (AvgIpc) is 3.46. The van der Waals surface area contributed by atoms with Crippen molar-refractivity contribution in [3.05, 3.63) is 82.9 Å². The van der Waals surface area contributed by atoms with Gasteiger partial charge in [0.1, 0.15) is 0 Å². The van der Waals surface area contributed by atoms with Gasteiger partial charge in [-0.25, -0.2) is 0 Å². The number of unbranched alkanes of at least 4 members (excludes halogenated alkanes) is 2. The highest BCUT2D eigenvalue weighted by Crippen LogP contribution is 2.39. The summed E-state index contributed by atoms with van der Waals surface area (Å²) in [4.78, 5) is 83.2. The third-order valence-corrected chi connectivity index (χ3v) is 11.4. The van der Waals surface area contributed by atoms with Crippen molar-refractivity contribution < 1.29 is 38.2 Å². The Kier molecular flexibility index (Phi) is 14.6. The van der Waals surface area contributed by atoms with E-state index >= 15 is 0 Å². The predicted molar refractivity (Wildman–Crippen MR) is 222 cm³/mol. The van der Waals surface area contributed by atoms with Gasteiger partial charge in [-0.3, -0.25) is 43.9 Å². The fourth-order valence-corrected chi connectivity index (χ4v) is 8.42. The molecule has 0 aliphatic carbocycles. The molecule has 2 atom stereocenters. The molecule has 6 amide bonds. The van der Waals surface area contributed by atoms with E-state index in [1.165, 1.54) is 16.7 Å². The number of carbonyl (C=O) groups excluding carboxylic acids is 6. The van der Waals surface area contributed by atoms with Gasteiger partial charge in [0.05, 0.1) is 49.0 Å². The van der Waals surface area contributed by atoms with Crippen LogP contribution in [0.2, 0.25) is 0 Å². The number of anilines is 2. The van der Waals surface area contributed by atoms with E-state index in [1.807, 2.05) is 31.4 Å². The molecule has 2 unspecified atom stereocenters. The Morgan fingerprint density at radius 2 is 1.66 bits per heavy atom. The molecular weight excluding hydrogens is 761 g/mol. The van der Waals surface area contributed by atoms with Crippen molar-refractivity contribution in [1.82, 2.24) is 20.0 Å². The van der Waals surface area contributed by atoms with Gasteiger partial charge in [0.2, 0.25) is 23.6 Å². The topological polar surface area (TPSA) is 167 Å². The third kappa shape index (κ3) is 10.2. The predicted octanol–water partition coefficient (Wildman–Crippen LogP) is 5.07. The molecule has 3 aliphatic rings. The molecule has 0 saturated carbocycles. The quantitative estimate of drug-likeness (QED) is 0.116. The van der Waals surface area contributed by atoms with Crippen LogP contribution in [-0.2, 0) is 19.2 Å². The number of piperidine rings is 1. The van der Waals surface area contributed by atoms with Crippen molar-refractivity contribution in [3.8, 4) is 11.5 Å². The minimum absolute atomic E-state index is 0.120. The van der Waals surface area contributed by atoms with E-state index in [0.29, 0.717) is 54.5 Å². The van der Waals surface area contributed by atoms with E-state index in [0.717, 1.165) is 56.7 Å². The Morgan fingerprint density at radius 1 is 0.879 bits per heavy atom. The third-order valence-electron chi connectivity index (χ3n) is 10.8. The number of thioether (sulfide) groups is 1. The first-order valence-corrected chi connectivity index (χ1v) is 21.3. The summed E-state index contributed by atoms with van der Waals surface area (Å²) >= 11 is 1.52. The normalized spacial score (nSPS) is 17.8. The van der Waals surface area contributed by atoms with Crippen molar-refractivity contribution in [2.24, 2.45) is 0 Å². The highest BCUT2D eigenvalue weighted by molar-refractivity contribution is 7.98. The van der Waals surface area contributed by atoms with E-state index in [4.69, 9.17) is 9.47 Å². The lowest BCUT2D eigenvalue weighted by Crippen LogP contribution is -2.48. The number of rotatable bonds is 18. The second-order valence-corrected chi connectivity index (χ2v) is 15.6. The first-order chi connectivity index (χ1) is 28.1. The van der Waals surface area contributed by atoms with Crippen molar-refractivity contribution in [2.75, 3.05) is 75.6 Å². The highest BCUT2D eigenvalue weighted by Gasteiger charge is 2.42. The highest BCUT2D eigenvalue weighted by atomic mass is 32.2. The van der Waals surface area contributed by atoms with Crippen molar-refractivity contribution in [1.29, 1.82) is 0 Å². The second-order valence-electron chi connectivity index (χ2n) is 14.7. The standard InChI is InChI=1S/C43H52N6O8S/c1-4-57-36-25-29(15-17-35(36)56-2)34(27-58-3)49-42(54)32-12-9-13-33(40(32)43(49)55)45-37(50)14-6-5-7-19-47-20-22-48(23-21-47)26-39(52)44-30-11-8-10-28(24-30)31-16-18-38(51)46-41(31)53/h8-13,15,17,24-25,31,34H,4-7,14,16,18-23,26-27H2,1-3H3,(H,44,52)(H,45,50)(H,46,51,53). The molecule has 0 bridgehead atoms. The molecule has 3 aromatic carbocycles. The Morgan fingerprint density at radius 3 is 2.40 bits per heavy atom. The van der Waals surface area contributed by atoms with Crippen LogP contribution in [0.25, 0.3) is 0 Å². The molecule has 3 aromatic rings. The number of ether oxygens (including phenoxy) is 2. The molecule has 14 nitrogen and oxygen atoms in total. The lowest BCUT2D eigenvalue weighted by atomic mass is 9.90. The van der Waals surface area contributed by atoms with Crippen LogP contribution in [0.5, 0.6) is 11.5 Å². The van der Waals surface area contributed by atoms with Gasteiger partial charge in [0.25, 0.3) is 11.8 Å². The number of benzene rings is 3. The lowest BCUT2D eigenvalue weighted by Gasteiger charge is -2.34. The first-order valence-electron chi connectivity index (χ1n) is 19.9. The van der Waals surface area contributed by atoms with Gasteiger partial charge in [0, 0.05) is 50.5 Å². The van der Waals surface area contributed by atoms with E-state index in [9.17, 15) is 28.8 Å². The Bertz CT molecular complexity index is 2020. The number of amides is 6. The number of nitrogens with zero attached hydrogens (tertiary/aromatic N) is 3. The number of imide groups is 2. The molecular formula is C43H52N6O8S. The van der Waals surface area contributed by atoms with Gasteiger partial charge in [-0.2, -0.15) is 11.8 Å². The first kappa shape index (κ1) is 42.4. The number of fused-ring (bicyclic) bond motifs is 1. The summed E-state index contributed by atoms with van der Waals surface area (Å²) in [6, 6.07) is 17.1. The summed E-state index contributed by atoms with van der Waals surface area (Å²) in [5, 5.41) is 8.24. The van der Waals surface area contributed by atoms with Crippen LogP contribution in [0, 0.1) is 0 Å². The zero-order valence-corrected chi connectivity index (χ0v) is 34.2. The van der Waals surface area contributed by atoms with E-state index in [2.05, 4.69) is 25.8 Å². The molecule has 3 heterocycles. The Balaban J connectivity index is 0.922. The monoisotopic (exact) mass is 812 g/mol. The number of hydrogen-bond donors (Lipinski definition) is 3. The minimum atomic E-state index is -0.554. The maximum Gasteiger partial charge on any atom is 0.264 e. The maximum atomic E-state index is 13.9. The summed E-state index contributed by atoms with van der Waals surface area (Å²) in [7, 11) is 1.56. The summed E-state index contributed by atoms with van der Waals surface area (Å²) in [5.74, 6) is -0.571. The van der Waals surface area contributed by atoms with Crippen molar-refractivity contribution >= 4 is 58.6 Å². The van der Waals surface area contributed by atoms with Gasteiger partial charge >= 0.3 is 0 Å². The van der Waals surface area contributed by atoms with Gasteiger partial charge in [-0.05, 0) is 86.5 Å². The number of piperazine rings is 1. The van der Waals surface area contributed by atoms with Crippen LogP contribution in [0.1, 0.15) is 89.3 Å². The molecule has 0 spiro atoms. The SMILES string of the molecule is CCOc1cc(C(CSC)N2C(=O)c3cccc(NC(=O)CCCCCN4CCN(CC(=O)Nc5cccc(C6CCC(=O)NC6=O)c5)CC4)c3C2=O)ccc1OC. The molecule has 15 heteroatoms. The average molecular weight is 813 g/mol. The van der Waals surface area contributed by atoms with Crippen LogP contribution in [-0.4, -0.2) is 115 Å². The number of methoxy groups -OCH3 is 1. The van der Waals surface area contributed by atoms with Gasteiger partial charge in [0.15, 0.2) is 11.5 Å². The number of hydrogen-bond acceptors (Lipinski definition) is 11. The zero-order chi connectivity index (χ0) is 41.2. The van der Waals surface area contributed by atoms with Gasteiger partial charge in [-0.1, -0.05) is 30.7 Å². The fourth-order valence-electron chi connectivity index (χ4n) is 7.77. The number of nitrogens with one attached hydrogen (secondary N) is 3. The largest absolute Gasteiger partial charge is 0.493 e. The molecule has 2 saturated heterocycles. The van der Waals surface area contributed by atoms with Gasteiger partial charge in [-0.15, -0.1) is 0 Å². The fraction of sp³-hybridized carbons (Fsp3) is 0.442. The minimum Gasteiger partial charge on any atom is -0.493 e. The van der Waals surface area contributed by atoms with Crippen molar-refractivity contribution in [3.63, 3.8) is 0 Å². The van der Waals surface area contributed by atoms with E-state index < -0.39 is 23.8 Å². The van der Waals surface area contributed by atoms with Crippen LogP contribution in [0.4, 0.5) is 11.4 Å². The van der Waals surface area contributed by atoms with Crippen LogP contribution in [0.3, 0.4) is 0 Å². The second kappa shape index (κ2) is 19.9. The molecule has 308 valence electrons. The lowest BCUT2D eigenvalue weighted by molar-refractivity contribution is -0.134. The Labute approximate surface area is 343 Å². The smallest absolute Gasteiger partial charge is 0.264 e. The molecule has 58 heavy (non-hydrogen) atoms. The molecule has 3 N–H and O–H groups in total. The Hall–Kier alpha value is -5.25. The summed E-state index contributed by atoms with van der Waals surface area (Å²) in [6.45, 7) is 6.67. The summed E-state index contributed by atoms with van der Waals surface area (Å²) in [5.41, 5.74) is 2.96. The molecule has 2 fully saturated rings.